The van der Waals surface area contributed by atoms with Crippen LogP contribution in [0.25, 0.3) is 0 Å². The van der Waals surface area contributed by atoms with Crippen molar-refractivity contribution >= 4 is 17.3 Å². The molecule has 1 aromatic carbocycles. The summed E-state index contributed by atoms with van der Waals surface area (Å²) < 4.78 is 0. The van der Waals surface area contributed by atoms with Crippen LogP contribution in [0.4, 0.5) is 11.4 Å². The fourth-order valence-corrected chi connectivity index (χ4v) is 1.33. The van der Waals surface area contributed by atoms with Crippen molar-refractivity contribution in [1.29, 1.82) is 0 Å². The summed E-state index contributed by atoms with van der Waals surface area (Å²) in [6, 6.07) is 7.77. The minimum atomic E-state index is 0.00241. The minimum Gasteiger partial charge on any atom is -0.378 e. The first-order valence-electron chi connectivity index (χ1n) is 5.21. The van der Waals surface area contributed by atoms with E-state index < -0.39 is 0 Å². The first-order chi connectivity index (χ1) is 7.49. The Kier molecular flexibility index (Phi) is 4.31. The van der Waals surface area contributed by atoms with Crippen molar-refractivity contribution in [2.24, 2.45) is 0 Å². The zero-order valence-corrected chi connectivity index (χ0v) is 10.3. The molecule has 4 heteroatoms. The maximum atomic E-state index is 11.5. The van der Waals surface area contributed by atoms with Gasteiger partial charge in [-0.15, -0.1) is 0 Å². The lowest BCUT2D eigenvalue weighted by atomic mass is 10.2. The standard InChI is InChI=1S/C12H19N3O/c1-14(2)9-12(16)13-10-5-7-11(8-6-10)15(3)4/h5-8H,9H2,1-4H3,(H,13,16). The van der Waals surface area contributed by atoms with Crippen LogP contribution < -0.4 is 10.2 Å². The number of hydrogen-bond acceptors (Lipinski definition) is 3. The van der Waals surface area contributed by atoms with Gasteiger partial charge in [0.05, 0.1) is 6.54 Å². The van der Waals surface area contributed by atoms with Gasteiger partial charge in [-0.1, -0.05) is 0 Å². The molecule has 0 radical (unpaired) electrons. The van der Waals surface area contributed by atoms with E-state index in [9.17, 15) is 4.79 Å². The van der Waals surface area contributed by atoms with Crippen LogP contribution in [0.2, 0.25) is 0 Å². The smallest absolute Gasteiger partial charge is 0.238 e. The summed E-state index contributed by atoms with van der Waals surface area (Å²) in [7, 11) is 7.71. The summed E-state index contributed by atoms with van der Waals surface area (Å²) in [5.41, 5.74) is 1.95. The van der Waals surface area contributed by atoms with Crippen LogP contribution in [0, 0.1) is 0 Å². The lowest BCUT2D eigenvalue weighted by molar-refractivity contribution is -0.116. The third-order valence-electron chi connectivity index (χ3n) is 2.13. The molecule has 0 heterocycles. The molecule has 1 aromatic rings. The van der Waals surface area contributed by atoms with Gasteiger partial charge in [0.15, 0.2) is 0 Å². The molecule has 0 aliphatic rings. The molecule has 0 aromatic heterocycles. The second-order valence-electron chi connectivity index (χ2n) is 4.23. The van der Waals surface area contributed by atoms with Gasteiger partial charge >= 0.3 is 0 Å². The van der Waals surface area contributed by atoms with Crippen LogP contribution in [-0.2, 0) is 4.79 Å². The van der Waals surface area contributed by atoms with Gasteiger partial charge in [0, 0.05) is 25.5 Å². The highest BCUT2D eigenvalue weighted by atomic mass is 16.2. The zero-order valence-electron chi connectivity index (χ0n) is 10.3. The molecule has 1 rings (SSSR count). The Labute approximate surface area is 96.9 Å². The third-order valence-corrected chi connectivity index (χ3v) is 2.13. The number of rotatable bonds is 4. The second kappa shape index (κ2) is 5.51. The van der Waals surface area contributed by atoms with E-state index in [1.807, 2.05) is 62.3 Å². The van der Waals surface area contributed by atoms with E-state index in [1.54, 1.807) is 0 Å². The van der Waals surface area contributed by atoms with Gasteiger partial charge in [-0.2, -0.15) is 0 Å². The summed E-state index contributed by atoms with van der Waals surface area (Å²) >= 11 is 0. The largest absolute Gasteiger partial charge is 0.378 e. The normalized spacial score (nSPS) is 10.3. The Morgan fingerprint density at radius 3 is 2.12 bits per heavy atom. The number of nitrogens with zero attached hydrogens (tertiary/aromatic N) is 2. The van der Waals surface area contributed by atoms with E-state index in [0.717, 1.165) is 11.4 Å². The van der Waals surface area contributed by atoms with Gasteiger partial charge in [0.1, 0.15) is 0 Å². The molecule has 0 atom stereocenters. The Morgan fingerprint density at radius 1 is 1.12 bits per heavy atom. The zero-order chi connectivity index (χ0) is 12.1. The van der Waals surface area contributed by atoms with Crippen molar-refractivity contribution in [1.82, 2.24) is 4.90 Å². The molecule has 0 saturated carbocycles. The Hall–Kier alpha value is -1.55. The van der Waals surface area contributed by atoms with Gasteiger partial charge in [-0.25, -0.2) is 0 Å². The molecular weight excluding hydrogens is 202 g/mol. The highest BCUT2D eigenvalue weighted by Gasteiger charge is 2.03. The quantitative estimate of drug-likeness (QED) is 0.831. The van der Waals surface area contributed by atoms with E-state index >= 15 is 0 Å². The molecule has 0 aliphatic carbocycles. The SMILES string of the molecule is CN(C)CC(=O)Nc1ccc(N(C)C)cc1. The van der Waals surface area contributed by atoms with Crippen molar-refractivity contribution in [3.8, 4) is 0 Å². The average Bonchev–Trinajstić information content (AvgIpc) is 2.16. The summed E-state index contributed by atoms with van der Waals surface area (Å²) in [6.07, 6.45) is 0. The molecule has 0 unspecified atom stereocenters. The number of carbonyl (C=O) groups is 1. The molecule has 0 spiro atoms. The Bertz CT molecular complexity index is 344. The lowest BCUT2D eigenvalue weighted by Crippen LogP contribution is -2.27. The first kappa shape index (κ1) is 12.5. The Morgan fingerprint density at radius 2 is 1.69 bits per heavy atom. The van der Waals surface area contributed by atoms with E-state index in [0.29, 0.717) is 6.54 Å². The molecule has 0 fully saturated rings. The molecule has 0 bridgehead atoms. The van der Waals surface area contributed by atoms with Crippen molar-refractivity contribution < 1.29 is 4.79 Å². The van der Waals surface area contributed by atoms with Gasteiger partial charge in [0.25, 0.3) is 0 Å². The molecule has 1 N–H and O–H groups in total. The number of amides is 1. The molecular formula is C12H19N3O. The number of benzene rings is 1. The van der Waals surface area contributed by atoms with Crippen LogP contribution in [0.1, 0.15) is 0 Å². The van der Waals surface area contributed by atoms with Crippen molar-refractivity contribution in [3.63, 3.8) is 0 Å². The molecule has 16 heavy (non-hydrogen) atoms. The highest BCUT2D eigenvalue weighted by molar-refractivity contribution is 5.92. The van der Waals surface area contributed by atoms with Gasteiger partial charge in [-0.3, -0.25) is 4.79 Å². The minimum absolute atomic E-state index is 0.00241. The van der Waals surface area contributed by atoms with E-state index in [1.165, 1.54) is 0 Å². The maximum absolute atomic E-state index is 11.5. The fourth-order valence-electron chi connectivity index (χ4n) is 1.33. The van der Waals surface area contributed by atoms with Crippen LogP contribution in [0.15, 0.2) is 24.3 Å². The number of carbonyl (C=O) groups excluding carboxylic acids is 1. The molecule has 4 nitrogen and oxygen atoms in total. The lowest BCUT2D eigenvalue weighted by Gasteiger charge is -2.13. The predicted molar refractivity (Wildman–Crippen MR) is 68.0 cm³/mol. The number of hydrogen-bond donors (Lipinski definition) is 1. The van der Waals surface area contributed by atoms with Crippen molar-refractivity contribution in [2.45, 2.75) is 0 Å². The average molecular weight is 221 g/mol. The molecule has 88 valence electrons. The predicted octanol–water partition coefficient (Wildman–Crippen LogP) is 1.25. The fraction of sp³-hybridized carbons (Fsp3) is 0.417. The summed E-state index contributed by atoms with van der Waals surface area (Å²) in [5.74, 6) is 0.00241. The first-order valence-corrected chi connectivity index (χ1v) is 5.21. The van der Waals surface area contributed by atoms with Crippen molar-refractivity contribution in [2.75, 3.05) is 45.0 Å². The van der Waals surface area contributed by atoms with Crippen LogP contribution in [0.5, 0.6) is 0 Å². The number of likely N-dealkylation sites (N-methyl/N-ethyl adjacent to an activating group) is 1. The monoisotopic (exact) mass is 221 g/mol. The summed E-state index contributed by atoms with van der Waals surface area (Å²) in [6.45, 7) is 0.398. The maximum Gasteiger partial charge on any atom is 0.238 e. The number of nitrogens with one attached hydrogen (secondary N) is 1. The molecule has 0 saturated heterocycles. The van der Waals surface area contributed by atoms with Crippen LogP contribution in [0.3, 0.4) is 0 Å². The number of anilines is 2. The highest BCUT2D eigenvalue weighted by Crippen LogP contribution is 2.15. The van der Waals surface area contributed by atoms with Gasteiger partial charge in [0.2, 0.25) is 5.91 Å². The summed E-state index contributed by atoms with van der Waals surface area (Å²) in [4.78, 5) is 15.3. The topological polar surface area (TPSA) is 35.6 Å². The Balaban J connectivity index is 2.58. The summed E-state index contributed by atoms with van der Waals surface area (Å²) in [5, 5.41) is 2.84. The van der Waals surface area contributed by atoms with Crippen LogP contribution >= 0.6 is 0 Å². The van der Waals surface area contributed by atoms with Gasteiger partial charge in [-0.05, 0) is 38.4 Å². The van der Waals surface area contributed by atoms with Gasteiger partial charge < -0.3 is 15.1 Å². The van der Waals surface area contributed by atoms with Crippen molar-refractivity contribution in [3.05, 3.63) is 24.3 Å². The molecule has 1 amide bonds. The van der Waals surface area contributed by atoms with E-state index in [4.69, 9.17) is 0 Å². The molecule has 0 aliphatic heterocycles. The third kappa shape index (κ3) is 3.90. The van der Waals surface area contributed by atoms with E-state index in [-0.39, 0.29) is 5.91 Å². The van der Waals surface area contributed by atoms with Crippen LogP contribution in [-0.4, -0.2) is 45.5 Å². The van der Waals surface area contributed by atoms with E-state index in [2.05, 4.69) is 5.32 Å². The second-order valence-corrected chi connectivity index (χ2v) is 4.23.